The van der Waals surface area contributed by atoms with Gasteiger partial charge in [-0.25, -0.2) is 4.79 Å². The number of hydrogen-bond donors (Lipinski definition) is 3. The maximum Gasteiger partial charge on any atom is 0.335 e. The van der Waals surface area contributed by atoms with Crippen LogP contribution >= 0.6 is 0 Å². The first-order valence-corrected chi connectivity index (χ1v) is 5.53. The second kappa shape index (κ2) is 5.90. The standard InChI is InChI=1S/C12H16N2O4/c1-3-14-11(15)7(2)18-10-6-8(12(16)17)4-5-9(10)13/h4-7H,3,13H2,1-2H3,(H,14,15)(H,16,17). The topological polar surface area (TPSA) is 102 Å². The van der Waals surface area contributed by atoms with Crippen LogP contribution in [0.25, 0.3) is 0 Å². The Morgan fingerprint density at radius 2 is 2.17 bits per heavy atom. The molecule has 1 amide bonds. The van der Waals surface area contributed by atoms with E-state index in [-0.39, 0.29) is 22.9 Å². The van der Waals surface area contributed by atoms with E-state index < -0.39 is 12.1 Å². The molecule has 0 saturated carbocycles. The van der Waals surface area contributed by atoms with Gasteiger partial charge in [-0.3, -0.25) is 4.79 Å². The molecule has 0 aliphatic carbocycles. The van der Waals surface area contributed by atoms with Gasteiger partial charge in [-0.05, 0) is 32.0 Å². The molecule has 0 spiro atoms. The number of benzene rings is 1. The minimum Gasteiger partial charge on any atom is -0.479 e. The number of carbonyl (C=O) groups is 2. The number of nitrogens with one attached hydrogen (secondary N) is 1. The quantitative estimate of drug-likeness (QED) is 0.675. The Morgan fingerprint density at radius 3 is 2.72 bits per heavy atom. The normalized spacial score (nSPS) is 11.7. The van der Waals surface area contributed by atoms with Gasteiger partial charge in [0.1, 0.15) is 5.75 Å². The van der Waals surface area contributed by atoms with Gasteiger partial charge in [0.25, 0.3) is 5.91 Å². The molecule has 0 heterocycles. The number of carboxylic acid groups (broad SMARTS) is 1. The molecular weight excluding hydrogens is 236 g/mol. The number of hydrogen-bond acceptors (Lipinski definition) is 4. The van der Waals surface area contributed by atoms with Gasteiger partial charge in [0.05, 0.1) is 11.3 Å². The number of ether oxygens (including phenoxy) is 1. The lowest BCUT2D eigenvalue weighted by Gasteiger charge is -2.15. The summed E-state index contributed by atoms with van der Waals surface area (Å²) < 4.78 is 5.35. The molecule has 1 aromatic carbocycles. The summed E-state index contributed by atoms with van der Waals surface area (Å²) in [5.74, 6) is -1.17. The summed E-state index contributed by atoms with van der Waals surface area (Å²) in [6.07, 6.45) is -0.740. The predicted molar refractivity (Wildman–Crippen MR) is 66.6 cm³/mol. The van der Waals surface area contributed by atoms with Crippen molar-refractivity contribution in [3.8, 4) is 5.75 Å². The number of carbonyl (C=O) groups excluding carboxylic acids is 1. The highest BCUT2D eigenvalue weighted by Gasteiger charge is 2.16. The molecule has 4 N–H and O–H groups in total. The van der Waals surface area contributed by atoms with Gasteiger partial charge in [-0.2, -0.15) is 0 Å². The van der Waals surface area contributed by atoms with Crippen LogP contribution in [0.2, 0.25) is 0 Å². The van der Waals surface area contributed by atoms with Crippen LogP contribution in [-0.4, -0.2) is 29.6 Å². The number of rotatable bonds is 5. The maximum absolute atomic E-state index is 11.5. The average molecular weight is 252 g/mol. The first kappa shape index (κ1) is 13.8. The van der Waals surface area contributed by atoms with Gasteiger partial charge in [-0.15, -0.1) is 0 Å². The van der Waals surface area contributed by atoms with E-state index in [1.165, 1.54) is 18.2 Å². The minimum atomic E-state index is -1.08. The monoisotopic (exact) mass is 252 g/mol. The Labute approximate surface area is 105 Å². The molecule has 0 radical (unpaired) electrons. The first-order valence-electron chi connectivity index (χ1n) is 5.53. The van der Waals surface area contributed by atoms with Crippen molar-refractivity contribution in [3.63, 3.8) is 0 Å². The number of likely N-dealkylation sites (N-methyl/N-ethyl adjacent to an activating group) is 1. The molecule has 1 aromatic rings. The Morgan fingerprint density at radius 1 is 1.50 bits per heavy atom. The zero-order chi connectivity index (χ0) is 13.7. The van der Waals surface area contributed by atoms with Crippen molar-refractivity contribution in [1.29, 1.82) is 0 Å². The lowest BCUT2D eigenvalue weighted by Crippen LogP contribution is -2.36. The third kappa shape index (κ3) is 3.38. The zero-order valence-electron chi connectivity index (χ0n) is 10.3. The van der Waals surface area contributed by atoms with Gasteiger partial charge in [-0.1, -0.05) is 0 Å². The zero-order valence-corrected chi connectivity index (χ0v) is 10.3. The summed E-state index contributed by atoms with van der Waals surface area (Å²) in [5, 5.41) is 11.5. The fraction of sp³-hybridized carbons (Fsp3) is 0.333. The molecule has 98 valence electrons. The number of carboxylic acids is 1. The molecule has 18 heavy (non-hydrogen) atoms. The van der Waals surface area contributed by atoms with Crippen molar-refractivity contribution >= 4 is 17.6 Å². The molecule has 0 aromatic heterocycles. The summed E-state index contributed by atoms with van der Waals surface area (Å²) in [6, 6.07) is 4.11. The van der Waals surface area contributed by atoms with Crippen LogP contribution < -0.4 is 15.8 Å². The third-order valence-corrected chi connectivity index (χ3v) is 2.28. The summed E-state index contributed by atoms with van der Waals surface area (Å²) in [4.78, 5) is 22.3. The van der Waals surface area contributed by atoms with E-state index >= 15 is 0 Å². The molecule has 0 aliphatic rings. The second-order valence-electron chi connectivity index (χ2n) is 3.71. The first-order chi connectivity index (χ1) is 8.45. The van der Waals surface area contributed by atoms with Crippen LogP contribution in [0.1, 0.15) is 24.2 Å². The summed E-state index contributed by atoms with van der Waals surface area (Å²) in [6.45, 7) is 3.86. The predicted octanol–water partition coefficient (Wildman–Crippen LogP) is 0.870. The average Bonchev–Trinajstić information content (AvgIpc) is 2.31. The van der Waals surface area contributed by atoms with Crippen LogP contribution in [0.4, 0.5) is 5.69 Å². The van der Waals surface area contributed by atoms with Gasteiger partial charge in [0.2, 0.25) is 0 Å². The van der Waals surface area contributed by atoms with E-state index in [0.29, 0.717) is 6.54 Å². The Kier molecular flexibility index (Phi) is 4.53. The van der Waals surface area contributed by atoms with Crippen molar-refractivity contribution in [2.24, 2.45) is 0 Å². The van der Waals surface area contributed by atoms with Crippen molar-refractivity contribution in [2.75, 3.05) is 12.3 Å². The number of nitrogen functional groups attached to an aromatic ring is 1. The fourth-order valence-corrected chi connectivity index (χ4v) is 1.33. The van der Waals surface area contributed by atoms with Gasteiger partial charge in [0.15, 0.2) is 6.10 Å². The third-order valence-electron chi connectivity index (χ3n) is 2.28. The van der Waals surface area contributed by atoms with Gasteiger partial charge < -0.3 is 20.9 Å². The van der Waals surface area contributed by atoms with Gasteiger partial charge >= 0.3 is 5.97 Å². The summed E-state index contributed by atoms with van der Waals surface area (Å²) >= 11 is 0. The van der Waals surface area contributed by atoms with Gasteiger partial charge in [0, 0.05) is 6.54 Å². The highest BCUT2D eigenvalue weighted by Crippen LogP contribution is 2.24. The lowest BCUT2D eigenvalue weighted by molar-refractivity contribution is -0.127. The molecule has 1 atom stereocenters. The van der Waals surface area contributed by atoms with Crippen molar-refractivity contribution in [2.45, 2.75) is 20.0 Å². The SMILES string of the molecule is CCNC(=O)C(C)Oc1cc(C(=O)O)ccc1N. The van der Waals surface area contributed by atoms with E-state index in [9.17, 15) is 9.59 Å². The van der Waals surface area contributed by atoms with E-state index in [4.69, 9.17) is 15.6 Å². The number of amides is 1. The van der Waals surface area contributed by atoms with Crippen LogP contribution in [0.15, 0.2) is 18.2 Å². The molecule has 6 heteroatoms. The molecule has 0 fully saturated rings. The minimum absolute atomic E-state index is 0.0577. The van der Waals surface area contributed by atoms with Crippen LogP contribution in [0.3, 0.4) is 0 Å². The fourth-order valence-electron chi connectivity index (χ4n) is 1.33. The molecule has 6 nitrogen and oxygen atoms in total. The van der Waals surface area contributed by atoms with Crippen molar-refractivity contribution < 1.29 is 19.4 Å². The molecule has 1 unspecified atom stereocenters. The van der Waals surface area contributed by atoms with Crippen LogP contribution in [-0.2, 0) is 4.79 Å². The second-order valence-corrected chi connectivity index (χ2v) is 3.71. The molecule has 0 aliphatic heterocycles. The van der Waals surface area contributed by atoms with Crippen molar-refractivity contribution in [1.82, 2.24) is 5.32 Å². The summed E-state index contributed by atoms with van der Waals surface area (Å²) in [5.41, 5.74) is 6.01. The smallest absolute Gasteiger partial charge is 0.335 e. The molecule has 1 rings (SSSR count). The van der Waals surface area contributed by atoms with Crippen LogP contribution in [0, 0.1) is 0 Å². The van der Waals surface area contributed by atoms with E-state index in [1.807, 2.05) is 0 Å². The molecule has 0 bridgehead atoms. The highest BCUT2D eigenvalue weighted by atomic mass is 16.5. The highest BCUT2D eigenvalue weighted by molar-refractivity contribution is 5.89. The van der Waals surface area contributed by atoms with Crippen molar-refractivity contribution in [3.05, 3.63) is 23.8 Å². The number of aromatic carboxylic acids is 1. The van der Waals surface area contributed by atoms with E-state index in [0.717, 1.165) is 0 Å². The molecular formula is C12H16N2O4. The number of anilines is 1. The Hall–Kier alpha value is -2.24. The van der Waals surface area contributed by atoms with E-state index in [1.54, 1.807) is 13.8 Å². The number of nitrogens with two attached hydrogens (primary N) is 1. The lowest BCUT2D eigenvalue weighted by atomic mass is 10.2. The Balaban J connectivity index is 2.86. The largest absolute Gasteiger partial charge is 0.479 e. The summed E-state index contributed by atoms with van der Waals surface area (Å²) in [7, 11) is 0. The van der Waals surface area contributed by atoms with Crippen LogP contribution in [0.5, 0.6) is 5.75 Å². The van der Waals surface area contributed by atoms with E-state index in [2.05, 4.69) is 5.32 Å². The Bertz CT molecular complexity index is 459. The maximum atomic E-state index is 11.5. The molecule has 0 saturated heterocycles.